The number of aryl methyl sites for hydroxylation is 1. The first kappa shape index (κ1) is 6.47. The zero-order valence-corrected chi connectivity index (χ0v) is 6.59. The van der Waals surface area contributed by atoms with Crippen LogP contribution in [-0.2, 0) is 6.42 Å². The Hall–Kier alpha value is -1.24. The lowest BCUT2D eigenvalue weighted by atomic mass is 10.1. The molecule has 0 saturated heterocycles. The van der Waals surface area contributed by atoms with Crippen molar-refractivity contribution in [1.29, 1.82) is 0 Å². The van der Waals surface area contributed by atoms with Crippen LogP contribution in [0.15, 0.2) is 30.5 Å². The first-order valence-electron chi connectivity index (χ1n) is 3.97. The van der Waals surface area contributed by atoms with Gasteiger partial charge in [0.15, 0.2) is 0 Å². The molecule has 11 heavy (non-hydrogen) atoms. The van der Waals surface area contributed by atoms with E-state index >= 15 is 0 Å². The van der Waals surface area contributed by atoms with Crippen LogP contribution in [0.25, 0.3) is 10.9 Å². The highest BCUT2D eigenvalue weighted by Gasteiger charge is 1.97. The summed E-state index contributed by atoms with van der Waals surface area (Å²) >= 11 is 0. The van der Waals surface area contributed by atoms with Gasteiger partial charge in [-0.3, -0.25) is 0 Å². The fourth-order valence-corrected chi connectivity index (χ4v) is 1.42. The molecule has 1 heteroatoms. The Morgan fingerprint density at radius 1 is 1.27 bits per heavy atom. The maximum atomic E-state index is 3.24. The molecule has 0 aliphatic rings. The van der Waals surface area contributed by atoms with Gasteiger partial charge in [-0.15, -0.1) is 0 Å². The molecule has 0 spiro atoms. The topological polar surface area (TPSA) is 15.8 Å². The zero-order chi connectivity index (χ0) is 7.68. The van der Waals surface area contributed by atoms with E-state index in [0.717, 1.165) is 6.42 Å². The maximum absolute atomic E-state index is 3.24. The summed E-state index contributed by atoms with van der Waals surface area (Å²) in [4.78, 5) is 3.24. The van der Waals surface area contributed by atoms with Gasteiger partial charge in [0.1, 0.15) is 0 Å². The van der Waals surface area contributed by atoms with Gasteiger partial charge in [0.25, 0.3) is 0 Å². The van der Waals surface area contributed by atoms with E-state index in [1.165, 1.54) is 16.5 Å². The largest absolute Gasteiger partial charge is 0.361 e. The van der Waals surface area contributed by atoms with Crippen molar-refractivity contribution < 1.29 is 0 Å². The van der Waals surface area contributed by atoms with Crippen molar-refractivity contribution in [2.24, 2.45) is 0 Å². The molecule has 0 radical (unpaired) electrons. The quantitative estimate of drug-likeness (QED) is 0.635. The Morgan fingerprint density at radius 2 is 2.09 bits per heavy atom. The first-order chi connectivity index (χ1) is 5.42. The molecule has 2 rings (SSSR count). The fourth-order valence-electron chi connectivity index (χ4n) is 1.42. The molecular weight excluding hydrogens is 134 g/mol. The number of aromatic amines is 1. The number of nitrogens with one attached hydrogen (secondary N) is 1. The number of H-pyrrole nitrogens is 1. The van der Waals surface area contributed by atoms with E-state index in [4.69, 9.17) is 0 Å². The van der Waals surface area contributed by atoms with E-state index in [9.17, 15) is 0 Å². The van der Waals surface area contributed by atoms with Gasteiger partial charge < -0.3 is 4.98 Å². The standard InChI is InChI=1S/C10H11N/c1-2-8-7-11-10-6-4-3-5-9(8)10/h3-7,11H,2H2,1H3. The Balaban J connectivity index is 2.76. The highest BCUT2D eigenvalue weighted by atomic mass is 14.7. The summed E-state index contributed by atoms with van der Waals surface area (Å²) in [6.07, 6.45) is 3.19. The Bertz CT molecular complexity index is 360. The molecule has 1 heterocycles. The zero-order valence-electron chi connectivity index (χ0n) is 6.59. The van der Waals surface area contributed by atoms with Gasteiger partial charge in [-0.2, -0.15) is 0 Å². The molecule has 2 aromatic rings. The number of hydrogen-bond donors (Lipinski definition) is 1. The third-order valence-electron chi connectivity index (χ3n) is 2.06. The lowest BCUT2D eigenvalue weighted by Gasteiger charge is -1.90. The lowest BCUT2D eigenvalue weighted by Crippen LogP contribution is -1.72. The molecule has 0 saturated carbocycles. The van der Waals surface area contributed by atoms with Gasteiger partial charge in [0.2, 0.25) is 0 Å². The van der Waals surface area contributed by atoms with Gasteiger partial charge in [0.05, 0.1) is 0 Å². The van der Waals surface area contributed by atoms with Gasteiger partial charge in [0, 0.05) is 17.1 Å². The third-order valence-corrected chi connectivity index (χ3v) is 2.06. The molecule has 1 nitrogen and oxygen atoms in total. The molecule has 0 atom stereocenters. The van der Waals surface area contributed by atoms with Crippen LogP contribution < -0.4 is 0 Å². The molecule has 1 aromatic heterocycles. The normalized spacial score (nSPS) is 10.6. The molecule has 0 aliphatic carbocycles. The van der Waals surface area contributed by atoms with E-state index in [2.05, 4.69) is 42.4 Å². The van der Waals surface area contributed by atoms with Crippen molar-refractivity contribution in [2.75, 3.05) is 0 Å². The lowest BCUT2D eigenvalue weighted by molar-refractivity contribution is 1.15. The van der Waals surface area contributed by atoms with Crippen LogP contribution in [0.3, 0.4) is 0 Å². The highest BCUT2D eigenvalue weighted by Crippen LogP contribution is 2.17. The maximum Gasteiger partial charge on any atom is 0.0456 e. The second-order valence-corrected chi connectivity index (χ2v) is 2.71. The molecule has 0 bridgehead atoms. The van der Waals surface area contributed by atoms with Crippen LogP contribution in [0.4, 0.5) is 0 Å². The number of rotatable bonds is 1. The van der Waals surface area contributed by atoms with Gasteiger partial charge >= 0.3 is 0 Å². The van der Waals surface area contributed by atoms with E-state index in [1.807, 2.05) is 0 Å². The van der Waals surface area contributed by atoms with Crippen LogP contribution in [0.5, 0.6) is 0 Å². The van der Waals surface area contributed by atoms with Crippen LogP contribution in [0, 0.1) is 0 Å². The van der Waals surface area contributed by atoms with Gasteiger partial charge in [-0.05, 0) is 18.1 Å². The number of para-hydroxylation sites is 1. The number of benzene rings is 1. The summed E-state index contributed by atoms with van der Waals surface area (Å²) in [5.74, 6) is 0. The van der Waals surface area contributed by atoms with E-state index in [-0.39, 0.29) is 0 Å². The summed E-state index contributed by atoms with van der Waals surface area (Å²) in [5, 5.41) is 1.36. The van der Waals surface area contributed by atoms with Crippen LogP contribution in [0.2, 0.25) is 0 Å². The van der Waals surface area contributed by atoms with E-state index in [0.29, 0.717) is 0 Å². The van der Waals surface area contributed by atoms with Crippen molar-refractivity contribution in [3.05, 3.63) is 36.0 Å². The monoisotopic (exact) mass is 145 g/mol. The fraction of sp³-hybridized carbons (Fsp3) is 0.200. The van der Waals surface area contributed by atoms with E-state index < -0.39 is 0 Å². The third kappa shape index (κ3) is 0.929. The molecule has 0 aliphatic heterocycles. The number of aromatic nitrogens is 1. The highest BCUT2D eigenvalue weighted by molar-refractivity contribution is 5.82. The van der Waals surface area contributed by atoms with Crippen molar-refractivity contribution in [1.82, 2.24) is 4.98 Å². The average Bonchev–Trinajstić information content (AvgIpc) is 2.47. The summed E-state index contributed by atoms with van der Waals surface area (Å²) < 4.78 is 0. The van der Waals surface area contributed by atoms with Crippen LogP contribution in [-0.4, -0.2) is 4.98 Å². The molecule has 0 amide bonds. The smallest absolute Gasteiger partial charge is 0.0456 e. The van der Waals surface area contributed by atoms with Gasteiger partial charge in [-0.25, -0.2) is 0 Å². The predicted molar refractivity (Wildman–Crippen MR) is 47.7 cm³/mol. The minimum atomic E-state index is 1.10. The molecular formula is C10H11N. The van der Waals surface area contributed by atoms with E-state index in [1.54, 1.807) is 0 Å². The Labute approximate surface area is 66.1 Å². The van der Waals surface area contributed by atoms with Crippen molar-refractivity contribution in [3.8, 4) is 0 Å². The summed E-state index contributed by atoms with van der Waals surface area (Å²) in [6.45, 7) is 2.18. The SMILES string of the molecule is CCc1c[nH]c2ccccc12. The molecule has 1 aromatic carbocycles. The molecule has 56 valence electrons. The predicted octanol–water partition coefficient (Wildman–Crippen LogP) is 2.73. The minimum absolute atomic E-state index is 1.10. The van der Waals surface area contributed by atoms with Crippen molar-refractivity contribution in [2.45, 2.75) is 13.3 Å². The second-order valence-electron chi connectivity index (χ2n) is 2.71. The molecule has 0 unspecified atom stereocenters. The summed E-state index contributed by atoms with van der Waals surface area (Å²) in [5.41, 5.74) is 2.64. The van der Waals surface area contributed by atoms with Crippen LogP contribution in [0.1, 0.15) is 12.5 Å². The van der Waals surface area contributed by atoms with Crippen LogP contribution >= 0.6 is 0 Å². The second kappa shape index (κ2) is 2.42. The Kier molecular flexibility index (Phi) is 1.42. The Morgan fingerprint density at radius 3 is 2.91 bits per heavy atom. The first-order valence-corrected chi connectivity index (χ1v) is 3.97. The number of hydrogen-bond acceptors (Lipinski definition) is 0. The minimum Gasteiger partial charge on any atom is -0.361 e. The molecule has 0 fully saturated rings. The van der Waals surface area contributed by atoms with Gasteiger partial charge in [-0.1, -0.05) is 25.1 Å². The summed E-state index contributed by atoms with van der Waals surface area (Å²) in [6, 6.07) is 8.40. The average molecular weight is 145 g/mol. The van der Waals surface area contributed by atoms with Crippen molar-refractivity contribution in [3.63, 3.8) is 0 Å². The number of fused-ring (bicyclic) bond motifs is 1. The molecule has 1 N–H and O–H groups in total. The summed E-state index contributed by atoms with van der Waals surface area (Å²) in [7, 11) is 0. The van der Waals surface area contributed by atoms with Crippen molar-refractivity contribution >= 4 is 10.9 Å².